The molecule has 0 bridgehead atoms. The van der Waals surface area contributed by atoms with Crippen molar-refractivity contribution in [3.05, 3.63) is 100 Å². The summed E-state index contributed by atoms with van der Waals surface area (Å²) in [4.78, 5) is 11.8. The number of nitriles is 1. The number of nitrogens with zero attached hydrogens (tertiary/aromatic N) is 1. The van der Waals surface area contributed by atoms with E-state index in [1.54, 1.807) is 0 Å². The fourth-order valence-electron chi connectivity index (χ4n) is 4.04. The Kier molecular flexibility index (Phi) is 5.31. The second-order valence-electron chi connectivity index (χ2n) is 7.27. The van der Waals surface area contributed by atoms with E-state index in [9.17, 15) is 10.1 Å². The lowest BCUT2D eigenvalue weighted by Gasteiger charge is -2.34. The average molecular weight is 382 g/mol. The molecule has 1 aliphatic carbocycles. The van der Waals surface area contributed by atoms with Crippen molar-refractivity contribution in [1.29, 1.82) is 5.26 Å². The molecule has 0 radical (unpaired) electrons. The summed E-state index contributed by atoms with van der Waals surface area (Å²) in [6, 6.07) is 22.4. The minimum absolute atomic E-state index is 0.216. The average Bonchev–Trinajstić information content (AvgIpc) is 2.74. The lowest BCUT2D eigenvalue weighted by Crippen LogP contribution is -2.29. The number of amides is 1. The minimum atomic E-state index is -0.256. The highest BCUT2D eigenvalue weighted by atomic mass is 16.5. The highest BCUT2D eigenvalue weighted by Gasteiger charge is 2.36. The Morgan fingerprint density at radius 1 is 1.10 bits per heavy atom. The van der Waals surface area contributed by atoms with Gasteiger partial charge in [-0.1, -0.05) is 60.7 Å². The molecule has 0 aromatic heterocycles. The lowest BCUT2D eigenvalue weighted by atomic mass is 9.77. The number of carbonyl (C=O) groups excluding carboxylic acids is 1. The number of ether oxygens (including phenoxy) is 1. The smallest absolute Gasteiger partial charge is 0.223 e. The number of benzene rings is 2. The number of nitrogens with one attached hydrogen (secondary N) is 1. The molecule has 1 atom stereocenters. The predicted octanol–water partition coefficient (Wildman–Crippen LogP) is 5.19. The summed E-state index contributed by atoms with van der Waals surface area (Å²) in [5.41, 5.74) is 4.79. The molecular formula is C25H22N2O2. The van der Waals surface area contributed by atoms with Crippen LogP contribution < -0.4 is 5.32 Å². The Morgan fingerprint density at radius 3 is 2.45 bits per heavy atom. The Morgan fingerprint density at radius 2 is 1.79 bits per heavy atom. The van der Waals surface area contributed by atoms with E-state index in [0.29, 0.717) is 5.57 Å². The van der Waals surface area contributed by atoms with E-state index >= 15 is 0 Å². The fraction of sp³-hybridized carbons (Fsp3) is 0.200. The van der Waals surface area contributed by atoms with Gasteiger partial charge in [-0.05, 0) is 47.6 Å². The largest absolute Gasteiger partial charge is 0.440 e. The molecule has 4 heteroatoms. The summed E-state index contributed by atoms with van der Waals surface area (Å²) in [6.07, 6.45) is 4.89. The monoisotopic (exact) mass is 382 g/mol. The van der Waals surface area contributed by atoms with Gasteiger partial charge in [0.1, 0.15) is 17.4 Å². The molecule has 1 aliphatic heterocycles. The van der Waals surface area contributed by atoms with E-state index < -0.39 is 0 Å². The van der Waals surface area contributed by atoms with Crippen LogP contribution in [0.15, 0.2) is 89.0 Å². The molecule has 4 rings (SSSR count). The molecule has 2 aromatic rings. The summed E-state index contributed by atoms with van der Waals surface area (Å²) in [7, 11) is 0. The van der Waals surface area contributed by atoms with Crippen molar-refractivity contribution < 1.29 is 9.53 Å². The van der Waals surface area contributed by atoms with Crippen LogP contribution in [-0.4, -0.2) is 5.91 Å². The molecule has 2 aromatic carbocycles. The molecule has 144 valence electrons. The molecule has 0 fully saturated rings. The molecular weight excluding hydrogens is 360 g/mol. The first-order valence-corrected chi connectivity index (χ1v) is 9.81. The van der Waals surface area contributed by atoms with E-state index in [4.69, 9.17) is 4.74 Å². The van der Waals surface area contributed by atoms with Crippen molar-refractivity contribution in [2.45, 2.75) is 32.1 Å². The van der Waals surface area contributed by atoms with Gasteiger partial charge in [0.05, 0.1) is 0 Å². The molecule has 2 aliphatic rings. The van der Waals surface area contributed by atoms with E-state index in [2.05, 4.69) is 29.6 Å². The van der Waals surface area contributed by atoms with Crippen molar-refractivity contribution >= 4 is 12.0 Å². The van der Waals surface area contributed by atoms with Crippen molar-refractivity contribution in [3.63, 3.8) is 0 Å². The first-order valence-electron chi connectivity index (χ1n) is 9.81. The Labute approximate surface area is 170 Å². The molecule has 0 saturated carbocycles. The van der Waals surface area contributed by atoms with E-state index in [-0.39, 0.29) is 17.7 Å². The predicted molar refractivity (Wildman–Crippen MR) is 112 cm³/mol. The van der Waals surface area contributed by atoms with Crippen molar-refractivity contribution in [2.75, 3.05) is 0 Å². The summed E-state index contributed by atoms with van der Waals surface area (Å²) in [6.45, 7) is 1.42. The molecule has 4 nitrogen and oxygen atoms in total. The first kappa shape index (κ1) is 18.8. The van der Waals surface area contributed by atoms with Crippen LogP contribution in [-0.2, 0) is 9.53 Å². The van der Waals surface area contributed by atoms with Crippen LogP contribution in [0.1, 0.15) is 43.2 Å². The van der Waals surface area contributed by atoms with Gasteiger partial charge in [0.2, 0.25) is 11.8 Å². The minimum Gasteiger partial charge on any atom is -0.440 e. The van der Waals surface area contributed by atoms with Gasteiger partial charge in [0.25, 0.3) is 0 Å². The number of hydrogen-bond donors (Lipinski definition) is 1. The zero-order valence-electron chi connectivity index (χ0n) is 16.3. The first-order chi connectivity index (χ1) is 14.2. The summed E-state index contributed by atoms with van der Waals surface area (Å²) >= 11 is 0. The zero-order valence-corrected chi connectivity index (χ0v) is 16.3. The summed E-state index contributed by atoms with van der Waals surface area (Å²) < 4.78 is 6.18. The molecule has 0 saturated heterocycles. The zero-order chi connectivity index (χ0) is 20.2. The summed E-state index contributed by atoms with van der Waals surface area (Å²) in [5, 5.41) is 12.7. The quantitative estimate of drug-likeness (QED) is 0.794. The number of rotatable bonds is 3. The fourth-order valence-corrected chi connectivity index (χ4v) is 4.04. The molecule has 1 amide bonds. The maximum Gasteiger partial charge on any atom is 0.223 e. The highest BCUT2D eigenvalue weighted by molar-refractivity contribution is 5.75. The van der Waals surface area contributed by atoms with Gasteiger partial charge in [-0.2, -0.15) is 5.26 Å². The third-order valence-corrected chi connectivity index (χ3v) is 5.24. The molecule has 1 heterocycles. The van der Waals surface area contributed by atoms with E-state index in [1.165, 1.54) is 6.92 Å². The second-order valence-corrected chi connectivity index (χ2v) is 7.27. The van der Waals surface area contributed by atoms with Crippen molar-refractivity contribution in [2.24, 2.45) is 0 Å². The number of carbonyl (C=O) groups is 1. The Balaban J connectivity index is 1.87. The van der Waals surface area contributed by atoms with Crippen LogP contribution in [0.25, 0.3) is 6.08 Å². The molecule has 29 heavy (non-hydrogen) atoms. The SMILES string of the molecule is CC(=O)NC1=C(C#N)C(c2ccccc2)C2=C(O1)C(=Cc1ccccc1)CCC2. The van der Waals surface area contributed by atoms with Crippen molar-refractivity contribution in [3.8, 4) is 6.07 Å². The van der Waals surface area contributed by atoms with Gasteiger partial charge in [-0.25, -0.2) is 0 Å². The lowest BCUT2D eigenvalue weighted by molar-refractivity contribution is -0.119. The van der Waals surface area contributed by atoms with Crippen LogP contribution in [0.3, 0.4) is 0 Å². The molecule has 1 N–H and O–H groups in total. The third kappa shape index (κ3) is 3.86. The summed E-state index contributed by atoms with van der Waals surface area (Å²) in [5.74, 6) is 0.560. The van der Waals surface area contributed by atoms with Gasteiger partial charge < -0.3 is 4.74 Å². The standard InChI is InChI=1S/C25H22N2O2/c1-17(28)27-25-22(16-26)23(19-11-6-3-7-12-19)21-14-8-13-20(24(21)29-25)15-18-9-4-2-5-10-18/h2-7,9-12,15,23H,8,13-14H2,1H3,(H,27,28). The normalized spacial score (nSPS) is 20.0. The van der Waals surface area contributed by atoms with E-state index in [1.807, 2.05) is 48.5 Å². The van der Waals surface area contributed by atoms with Crippen LogP contribution in [0, 0.1) is 11.3 Å². The number of allylic oxidation sites excluding steroid dienone is 3. The Bertz CT molecular complexity index is 1060. The topological polar surface area (TPSA) is 62.1 Å². The maximum atomic E-state index is 11.8. The third-order valence-electron chi connectivity index (χ3n) is 5.24. The molecule has 1 unspecified atom stereocenters. The maximum absolute atomic E-state index is 11.8. The van der Waals surface area contributed by atoms with E-state index in [0.717, 1.165) is 47.3 Å². The van der Waals surface area contributed by atoms with Gasteiger partial charge in [-0.3, -0.25) is 10.1 Å². The number of hydrogen-bond acceptors (Lipinski definition) is 3. The van der Waals surface area contributed by atoms with Gasteiger partial charge in [0.15, 0.2) is 0 Å². The van der Waals surface area contributed by atoms with Crippen molar-refractivity contribution in [1.82, 2.24) is 5.32 Å². The second kappa shape index (κ2) is 8.20. The van der Waals surface area contributed by atoms with Crippen LogP contribution in [0.4, 0.5) is 0 Å². The van der Waals surface area contributed by atoms with Gasteiger partial charge >= 0.3 is 0 Å². The van der Waals surface area contributed by atoms with Crippen LogP contribution >= 0.6 is 0 Å². The Hall–Kier alpha value is -3.58. The van der Waals surface area contributed by atoms with Gasteiger partial charge in [-0.15, -0.1) is 0 Å². The van der Waals surface area contributed by atoms with Gasteiger partial charge in [0, 0.05) is 12.8 Å². The molecule has 0 spiro atoms. The van der Waals surface area contributed by atoms with Crippen LogP contribution in [0.5, 0.6) is 0 Å². The highest BCUT2D eigenvalue weighted by Crippen LogP contribution is 2.47. The van der Waals surface area contributed by atoms with Crippen LogP contribution in [0.2, 0.25) is 0 Å².